The zero-order chi connectivity index (χ0) is 16.2. The Kier molecular flexibility index (Phi) is 5.48. The van der Waals surface area contributed by atoms with Crippen LogP contribution in [0.15, 0.2) is 18.2 Å². The summed E-state index contributed by atoms with van der Waals surface area (Å²) in [5, 5.41) is 3.29. The van der Waals surface area contributed by atoms with E-state index in [1.165, 1.54) is 12.1 Å². The van der Waals surface area contributed by atoms with Gasteiger partial charge in [-0.25, -0.2) is 4.39 Å². The van der Waals surface area contributed by atoms with Crippen LogP contribution >= 0.6 is 11.6 Å². The van der Waals surface area contributed by atoms with Gasteiger partial charge in [0.2, 0.25) is 5.91 Å². The molecule has 0 unspecified atom stereocenters. The van der Waals surface area contributed by atoms with Crippen molar-refractivity contribution in [2.75, 3.05) is 39.5 Å². The van der Waals surface area contributed by atoms with E-state index in [1.54, 1.807) is 6.07 Å². The zero-order valence-electron chi connectivity index (χ0n) is 12.8. The second-order valence-corrected chi connectivity index (χ2v) is 6.25. The monoisotopic (exact) mass is 342 g/mol. The van der Waals surface area contributed by atoms with Gasteiger partial charge < -0.3 is 14.8 Å². The molecule has 2 heterocycles. The van der Waals surface area contributed by atoms with Gasteiger partial charge in [-0.05, 0) is 17.7 Å². The smallest absolute Gasteiger partial charge is 0.224 e. The van der Waals surface area contributed by atoms with Gasteiger partial charge >= 0.3 is 0 Å². The van der Waals surface area contributed by atoms with Crippen molar-refractivity contribution in [1.82, 2.24) is 10.2 Å². The van der Waals surface area contributed by atoms with Gasteiger partial charge in [-0.3, -0.25) is 9.69 Å². The van der Waals surface area contributed by atoms with Gasteiger partial charge in [0.25, 0.3) is 0 Å². The molecular formula is C16H20ClFN2O3. The molecule has 0 radical (unpaired) electrons. The van der Waals surface area contributed by atoms with Crippen LogP contribution in [0.5, 0.6) is 0 Å². The van der Waals surface area contributed by atoms with E-state index in [4.69, 9.17) is 21.1 Å². The summed E-state index contributed by atoms with van der Waals surface area (Å²) in [6, 6.07) is 4.21. The van der Waals surface area contributed by atoms with Gasteiger partial charge in [0.15, 0.2) is 0 Å². The molecule has 2 aliphatic heterocycles. The minimum atomic E-state index is -0.407. The number of rotatable bonds is 4. The van der Waals surface area contributed by atoms with Crippen LogP contribution in [0.3, 0.4) is 0 Å². The maximum atomic E-state index is 13.1. The summed E-state index contributed by atoms with van der Waals surface area (Å²) in [6.45, 7) is 4.24. The van der Waals surface area contributed by atoms with Crippen molar-refractivity contribution in [2.45, 2.75) is 18.5 Å². The van der Waals surface area contributed by atoms with Crippen molar-refractivity contribution in [3.05, 3.63) is 34.6 Å². The number of morpholine rings is 1. The lowest BCUT2D eigenvalue weighted by molar-refractivity contribution is -0.121. The fraction of sp³-hybridized carbons (Fsp3) is 0.562. The highest BCUT2D eigenvalue weighted by Gasteiger charge is 2.34. The number of amides is 1. The van der Waals surface area contributed by atoms with E-state index in [0.717, 1.165) is 13.1 Å². The van der Waals surface area contributed by atoms with Crippen LogP contribution in [0.2, 0.25) is 5.02 Å². The predicted octanol–water partition coefficient (Wildman–Crippen LogP) is 1.24. The summed E-state index contributed by atoms with van der Waals surface area (Å²) >= 11 is 5.97. The normalized spacial score (nSPS) is 25.5. The molecule has 1 amide bonds. The predicted molar refractivity (Wildman–Crippen MR) is 84.0 cm³/mol. The highest BCUT2D eigenvalue weighted by Crippen LogP contribution is 2.19. The van der Waals surface area contributed by atoms with Crippen molar-refractivity contribution < 1.29 is 18.7 Å². The van der Waals surface area contributed by atoms with Gasteiger partial charge in [0, 0.05) is 18.1 Å². The largest absolute Gasteiger partial charge is 0.379 e. The Morgan fingerprint density at radius 3 is 2.83 bits per heavy atom. The number of halogens is 2. The number of hydrogen-bond acceptors (Lipinski definition) is 4. The van der Waals surface area contributed by atoms with Gasteiger partial charge in [-0.1, -0.05) is 17.7 Å². The molecule has 2 atom stereocenters. The third kappa shape index (κ3) is 4.20. The average Bonchev–Trinajstić information content (AvgIpc) is 2.99. The molecule has 1 aromatic rings. The lowest BCUT2D eigenvalue weighted by Gasteiger charge is -2.34. The molecule has 1 aromatic carbocycles. The topological polar surface area (TPSA) is 50.8 Å². The van der Waals surface area contributed by atoms with Crippen molar-refractivity contribution >= 4 is 17.5 Å². The molecule has 23 heavy (non-hydrogen) atoms. The van der Waals surface area contributed by atoms with E-state index in [1.807, 2.05) is 0 Å². The molecule has 2 saturated heterocycles. The summed E-state index contributed by atoms with van der Waals surface area (Å²) in [7, 11) is 0. The second kappa shape index (κ2) is 7.57. The maximum absolute atomic E-state index is 13.1. The summed E-state index contributed by atoms with van der Waals surface area (Å²) in [6.07, 6.45) is 0.130. The molecule has 0 saturated carbocycles. The Hall–Kier alpha value is -1.21. The minimum Gasteiger partial charge on any atom is -0.379 e. The second-order valence-electron chi connectivity index (χ2n) is 5.84. The SMILES string of the molecule is O=C(Cc1ccc(F)cc1Cl)N[C@H]1COC[C@@H]1N1CCOCC1. The van der Waals surface area contributed by atoms with Gasteiger partial charge in [0.05, 0.1) is 44.9 Å². The summed E-state index contributed by atoms with van der Waals surface area (Å²) < 4.78 is 24.0. The molecule has 7 heteroatoms. The van der Waals surface area contributed by atoms with E-state index in [-0.39, 0.29) is 29.4 Å². The van der Waals surface area contributed by atoms with Crippen LogP contribution < -0.4 is 5.32 Å². The highest BCUT2D eigenvalue weighted by molar-refractivity contribution is 6.31. The Bertz CT molecular complexity index is 566. The summed E-state index contributed by atoms with van der Waals surface area (Å²) in [4.78, 5) is 14.6. The fourth-order valence-electron chi connectivity index (χ4n) is 3.05. The fourth-order valence-corrected chi connectivity index (χ4v) is 3.28. The zero-order valence-corrected chi connectivity index (χ0v) is 13.5. The molecule has 2 aliphatic rings. The standard InChI is InChI=1S/C16H20ClFN2O3/c17-13-8-12(18)2-1-11(13)7-16(21)19-14-9-23-10-15(14)20-3-5-22-6-4-20/h1-2,8,14-15H,3-7,9-10H2,(H,19,21)/t14-,15-/m0/s1. The van der Waals surface area contributed by atoms with Crippen molar-refractivity contribution in [3.63, 3.8) is 0 Å². The lowest BCUT2D eigenvalue weighted by Crippen LogP contribution is -2.54. The molecule has 2 fully saturated rings. The Morgan fingerprint density at radius 1 is 1.30 bits per heavy atom. The highest BCUT2D eigenvalue weighted by atomic mass is 35.5. The first-order valence-electron chi connectivity index (χ1n) is 7.76. The van der Waals surface area contributed by atoms with Gasteiger partial charge in [-0.15, -0.1) is 0 Å². The average molecular weight is 343 g/mol. The number of carbonyl (C=O) groups is 1. The number of carbonyl (C=O) groups excluding carboxylic acids is 1. The van der Waals surface area contributed by atoms with Crippen LogP contribution in [-0.4, -0.2) is 62.4 Å². The number of nitrogens with zero attached hydrogens (tertiary/aromatic N) is 1. The van der Waals surface area contributed by atoms with E-state index in [2.05, 4.69) is 10.2 Å². The first-order valence-corrected chi connectivity index (χ1v) is 8.14. The molecule has 3 rings (SSSR count). The van der Waals surface area contributed by atoms with Gasteiger partial charge in [0.1, 0.15) is 5.82 Å². The first-order chi connectivity index (χ1) is 11.1. The minimum absolute atomic E-state index is 0.0418. The van der Waals surface area contributed by atoms with Crippen molar-refractivity contribution in [3.8, 4) is 0 Å². The van der Waals surface area contributed by atoms with Crippen LogP contribution in [0.25, 0.3) is 0 Å². The molecule has 0 bridgehead atoms. The first kappa shape index (κ1) is 16.6. The summed E-state index contributed by atoms with van der Waals surface area (Å²) in [5.41, 5.74) is 0.618. The lowest BCUT2D eigenvalue weighted by atomic mass is 10.1. The Labute approximate surface area is 139 Å². The maximum Gasteiger partial charge on any atom is 0.224 e. The third-order valence-corrected chi connectivity index (χ3v) is 4.63. The van der Waals surface area contributed by atoms with E-state index in [9.17, 15) is 9.18 Å². The van der Waals surface area contributed by atoms with E-state index >= 15 is 0 Å². The molecule has 0 aliphatic carbocycles. The molecule has 126 valence electrons. The van der Waals surface area contributed by atoms with Crippen LogP contribution in [-0.2, 0) is 20.7 Å². The number of hydrogen-bond donors (Lipinski definition) is 1. The van der Waals surface area contributed by atoms with Gasteiger partial charge in [-0.2, -0.15) is 0 Å². The number of benzene rings is 1. The van der Waals surface area contributed by atoms with Crippen molar-refractivity contribution in [2.24, 2.45) is 0 Å². The number of nitrogens with one attached hydrogen (secondary N) is 1. The van der Waals surface area contributed by atoms with E-state index in [0.29, 0.717) is 32.0 Å². The van der Waals surface area contributed by atoms with E-state index < -0.39 is 5.82 Å². The van der Waals surface area contributed by atoms with Crippen molar-refractivity contribution in [1.29, 1.82) is 0 Å². The molecular weight excluding hydrogens is 323 g/mol. The molecule has 5 nitrogen and oxygen atoms in total. The van der Waals surface area contributed by atoms with Crippen LogP contribution in [0.1, 0.15) is 5.56 Å². The third-order valence-electron chi connectivity index (χ3n) is 4.28. The summed E-state index contributed by atoms with van der Waals surface area (Å²) in [5.74, 6) is -0.539. The van der Waals surface area contributed by atoms with Crippen LogP contribution in [0, 0.1) is 5.82 Å². The number of ether oxygens (including phenoxy) is 2. The molecule has 1 N–H and O–H groups in total. The Morgan fingerprint density at radius 2 is 2.09 bits per heavy atom. The quantitative estimate of drug-likeness (QED) is 0.894. The Balaban J connectivity index is 1.58. The molecule has 0 spiro atoms. The van der Waals surface area contributed by atoms with Crippen LogP contribution in [0.4, 0.5) is 4.39 Å². The molecule has 0 aromatic heterocycles.